The molecule has 3 aromatic carbocycles. The molecule has 9 heteroatoms. The second-order valence-electron chi connectivity index (χ2n) is 7.09. The van der Waals surface area contributed by atoms with Gasteiger partial charge < -0.3 is 10.1 Å². The third-order valence-electron chi connectivity index (χ3n) is 4.90. The first kappa shape index (κ1) is 23.2. The quantitative estimate of drug-likeness (QED) is 0.303. The van der Waals surface area contributed by atoms with Gasteiger partial charge in [-0.25, -0.2) is 0 Å². The van der Waals surface area contributed by atoms with Crippen LogP contribution >= 0.6 is 35.0 Å². The molecule has 4 rings (SSSR count). The SMILES string of the molecule is COc1ccc(-c2nnc(SCC(=O)Nc3c(Cl)cccc3Cl)n2-c2ccccc2C)cc1. The van der Waals surface area contributed by atoms with Crippen LogP contribution in [-0.4, -0.2) is 33.5 Å². The number of nitrogens with zero attached hydrogens (tertiary/aromatic N) is 3. The van der Waals surface area contributed by atoms with Crippen LogP contribution in [0, 0.1) is 6.92 Å². The molecule has 0 radical (unpaired) electrons. The van der Waals surface area contributed by atoms with Crippen LogP contribution in [0.1, 0.15) is 5.56 Å². The zero-order valence-corrected chi connectivity index (χ0v) is 20.2. The van der Waals surface area contributed by atoms with Gasteiger partial charge in [-0.1, -0.05) is 59.2 Å². The molecule has 0 saturated heterocycles. The van der Waals surface area contributed by atoms with Crippen molar-refractivity contribution in [3.63, 3.8) is 0 Å². The summed E-state index contributed by atoms with van der Waals surface area (Å²) in [5, 5.41) is 12.9. The number of rotatable bonds is 7. The predicted molar refractivity (Wildman–Crippen MR) is 134 cm³/mol. The molecule has 0 spiro atoms. The average molecular weight is 499 g/mol. The number of aromatic nitrogens is 3. The van der Waals surface area contributed by atoms with Gasteiger partial charge in [-0.2, -0.15) is 0 Å². The molecule has 0 bridgehead atoms. The fourth-order valence-electron chi connectivity index (χ4n) is 3.24. The summed E-state index contributed by atoms with van der Waals surface area (Å²) >= 11 is 13.6. The maximum absolute atomic E-state index is 12.6. The minimum absolute atomic E-state index is 0.105. The van der Waals surface area contributed by atoms with E-state index in [1.807, 2.05) is 60.0 Å². The number of benzene rings is 3. The highest BCUT2D eigenvalue weighted by Gasteiger charge is 2.19. The molecule has 33 heavy (non-hydrogen) atoms. The van der Waals surface area contributed by atoms with Crippen LogP contribution in [-0.2, 0) is 4.79 Å². The number of carbonyl (C=O) groups is 1. The number of hydrogen-bond acceptors (Lipinski definition) is 5. The van der Waals surface area contributed by atoms with E-state index in [0.717, 1.165) is 22.6 Å². The molecule has 0 saturated carbocycles. The second kappa shape index (κ2) is 10.3. The topological polar surface area (TPSA) is 69.0 Å². The largest absolute Gasteiger partial charge is 0.497 e. The lowest BCUT2D eigenvalue weighted by atomic mass is 10.1. The first-order chi connectivity index (χ1) is 16.0. The summed E-state index contributed by atoms with van der Waals surface area (Å²) in [5.41, 5.74) is 3.27. The number of para-hydroxylation sites is 2. The summed E-state index contributed by atoms with van der Waals surface area (Å²) in [6.07, 6.45) is 0. The number of ether oxygens (including phenoxy) is 1. The van der Waals surface area contributed by atoms with Crippen LogP contribution in [0.15, 0.2) is 71.9 Å². The number of nitrogens with one attached hydrogen (secondary N) is 1. The Morgan fingerprint density at radius 2 is 1.70 bits per heavy atom. The molecule has 4 aromatic rings. The third-order valence-corrected chi connectivity index (χ3v) is 6.46. The summed E-state index contributed by atoms with van der Waals surface area (Å²) < 4.78 is 7.22. The molecule has 0 fully saturated rings. The van der Waals surface area contributed by atoms with Crippen LogP contribution in [0.3, 0.4) is 0 Å². The van der Waals surface area contributed by atoms with Crippen molar-refractivity contribution >= 4 is 46.6 Å². The van der Waals surface area contributed by atoms with E-state index in [1.54, 1.807) is 25.3 Å². The lowest BCUT2D eigenvalue weighted by molar-refractivity contribution is -0.113. The van der Waals surface area contributed by atoms with Crippen LogP contribution in [0.2, 0.25) is 10.0 Å². The van der Waals surface area contributed by atoms with E-state index in [1.165, 1.54) is 11.8 Å². The molecular weight excluding hydrogens is 479 g/mol. The van der Waals surface area contributed by atoms with Gasteiger partial charge >= 0.3 is 0 Å². The van der Waals surface area contributed by atoms with Gasteiger partial charge in [0.05, 0.1) is 34.3 Å². The molecule has 0 aliphatic heterocycles. The molecule has 0 atom stereocenters. The highest BCUT2D eigenvalue weighted by atomic mass is 35.5. The van der Waals surface area contributed by atoms with E-state index in [9.17, 15) is 4.79 Å². The Hall–Kier alpha value is -3.00. The van der Waals surface area contributed by atoms with E-state index >= 15 is 0 Å². The monoisotopic (exact) mass is 498 g/mol. The van der Waals surface area contributed by atoms with Crippen molar-refractivity contribution in [3.8, 4) is 22.8 Å². The molecular formula is C24H20Cl2N4O2S. The van der Waals surface area contributed by atoms with Crippen molar-refractivity contribution < 1.29 is 9.53 Å². The van der Waals surface area contributed by atoms with Gasteiger partial charge in [0.2, 0.25) is 5.91 Å². The van der Waals surface area contributed by atoms with E-state index in [0.29, 0.717) is 26.7 Å². The van der Waals surface area contributed by atoms with Gasteiger partial charge in [0.25, 0.3) is 0 Å². The van der Waals surface area contributed by atoms with Gasteiger partial charge in [0, 0.05) is 5.56 Å². The summed E-state index contributed by atoms with van der Waals surface area (Å²) in [4.78, 5) is 12.6. The standard InChI is InChI=1S/C24H20Cl2N4O2S/c1-15-6-3-4-9-20(15)30-23(16-10-12-17(32-2)13-11-16)28-29-24(30)33-14-21(31)27-22-18(25)7-5-8-19(22)26/h3-13H,14H2,1-2H3,(H,27,31). The van der Waals surface area contributed by atoms with Crippen molar-refractivity contribution in [3.05, 3.63) is 82.3 Å². The molecule has 6 nitrogen and oxygen atoms in total. The maximum Gasteiger partial charge on any atom is 0.234 e. The van der Waals surface area contributed by atoms with Crippen molar-refractivity contribution in [2.24, 2.45) is 0 Å². The minimum atomic E-state index is -0.250. The fourth-order valence-corrected chi connectivity index (χ4v) is 4.48. The van der Waals surface area contributed by atoms with Crippen LogP contribution < -0.4 is 10.1 Å². The Labute approximate surface area is 205 Å². The van der Waals surface area contributed by atoms with Crippen molar-refractivity contribution in [2.45, 2.75) is 12.1 Å². The molecule has 1 N–H and O–H groups in total. The normalized spacial score (nSPS) is 10.8. The highest BCUT2D eigenvalue weighted by Crippen LogP contribution is 2.32. The summed E-state index contributed by atoms with van der Waals surface area (Å²) in [6.45, 7) is 2.02. The Bertz CT molecular complexity index is 1270. The van der Waals surface area contributed by atoms with Gasteiger partial charge in [-0.15, -0.1) is 10.2 Å². The Kier molecular flexibility index (Phi) is 7.23. The van der Waals surface area contributed by atoms with Crippen molar-refractivity contribution in [1.29, 1.82) is 0 Å². The zero-order chi connectivity index (χ0) is 23.4. The predicted octanol–water partition coefficient (Wildman–Crippen LogP) is 6.29. The number of halogens is 2. The first-order valence-corrected chi connectivity index (χ1v) is 11.7. The summed E-state index contributed by atoms with van der Waals surface area (Å²) in [5.74, 6) is 1.28. The highest BCUT2D eigenvalue weighted by molar-refractivity contribution is 7.99. The molecule has 0 aliphatic carbocycles. The zero-order valence-electron chi connectivity index (χ0n) is 17.9. The third kappa shape index (κ3) is 5.16. The number of amides is 1. The maximum atomic E-state index is 12.6. The smallest absolute Gasteiger partial charge is 0.234 e. The lowest BCUT2D eigenvalue weighted by Gasteiger charge is -2.13. The number of anilines is 1. The van der Waals surface area contributed by atoms with Gasteiger partial charge in [-0.3, -0.25) is 9.36 Å². The summed E-state index contributed by atoms with van der Waals surface area (Å²) in [7, 11) is 1.63. The molecule has 168 valence electrons. The van der Waals surface area contributed by atoms with Crippen molar-refractivity contribution in [1.82, 2.24) is 14.8 Å². The van der Waals surface area contributed by atoms with Crippen LogP contribution in [0.5, 0.6) is 5.75 Å². The molecule has 1 amide bonds. The fraction of sp³-hybridized carbons (Fsp3) is 0.125. The van der Waals surface area contributed by atoms with E-state index < -0.39 is 0 Å². The number of thioether (sulfide) groups is 1. The Morgan fingerprint density at radius 3 is 2.36 bits per heavy atom. The minimum Gasteiger partial charge on any atom is -0.497 e. The Morgan fingerprint density at radius 1 is 1.00 bits per heavy atom. The Balaban J connectivity index is 1.63. The van der Waals surface area contributed by atoms with Gasteiger partial charge in [-0.05, 0) is 55.0 Å². The lowest BCUT2D eigenvalue weighted by Crippen LogP contribution is -2.15. The van der Waals surface area contributed by atoms with Crippen LogP contribution in [0.25, 0.3) is 17.1 Å². The molecule has 0 aliphatic rings. The molecule has 1 heterocycles. The number of carbonyl (C=O) groups excluding carboxylic acids is 1. The van der Waals surface area contributed by atoms with Crippen molar-refractivity contribution in [2.75, 3.05) is 18.2 Å². The number of hydrogen-bond donors (Lipinski definition) is 1. The second-order valence-corrected chi connectivity index (χ2v) is 8.85. The first-order valence-electron chi connectivity index (χ1n) is 10.0. The number of aryl methyl sites for hydroxylation is 1. The van der Waals surface area contributed by atoms with E-state index in [4.69, 9.17) is 27.9 Å². The van der Waals surface area contributed by atoms with Gasteiger partial charge in [0.1, 0.15) is 5.75 Å². The average Bonchev–Trinajstić information content (AvgIpc) is 3.24. The summed E-state index contributed by atoms with van der Waals surface area (Å²) in [6, 6.07) is 20.6. The van der Waals surface area contributed by atoms with Gasteiger partial charge in [0.15, 0.2) is 11.0 Å². The van der Waals surface area contributed by atoms with E-state index in [-0.39, 0.29) is 11.7 Å². The molecule has 1 aromatic heterocycles. The van der Waals surface area contributed by atoms with Crippen LogP contribution in [0.4, 0.5) is 5.69 Å². The number of methoxy groups -OCH3 is 1. The molecule has 0 unspecified atom stereocenters. The van der Waals surface area contributed by atoms with E-state index in [2.05, 4.69) is 15.5 Å².